The minimum atomic E-state index is -1.64. The number of methoxy groups -OCH3 is 1. The third-order valence-corrected chi connectivity index (χ3v) is 9.16. The molecule has 1 radical (unpaired) electrons. The van der Waals surface area contributed by atoms with E-state index in [-0.39, 0.29) is 0 Å². The molecule has 14 heavy (non-hydrogen) atoms. The number of hydrogen-bond donors (Lipinski definition) is 0. The van der Waals surface area contributed by atoms with E-state index in [0.717, 1.165) is 12.4 Å². The number of rotatable bonds is 2. The quantitative estimate of drug-likeness (QED) is 0.774. The van der Waals surface area contributed by atoms with Crippen molar-refractivity contribution in [2.45, 2.75) is 17.3 Å². The maximum absolute atomic E-state index is 5.89. The van der Waals surface area contributed by atoms with Crippen LogP contribution in [-0.4, -0.2) is 33.9 Å². The fourth-order valence-electron chi connectivity index (χ4n) is 1.66. The van der Waals surface area contributed by atoms with Crippen molar-refractivity contribution in [1.82, 2.24) is 0 Å². The average Bonchev–Trinajstić information content (AvgIpc) is 2.30. The second-order valence-electron chi connectivity index (χ2n) is 3.46. The summed E-state index contributed by atoms with van der Waals surface area (Å²) in [6.07, 6.45) is 2.61. The van der Waals surface area contributed by atoms with Gasteiger partial charge in [0.25, 0.3) is 0 Å². The van der Waals surface area contributed by atoms with Gasteiger partial charge in [-0.05, 0) is 0 Å². The van der Waals surface area contributed by atoms with Crippen LogP contribution in [-0.2, 0) is 3.07 Å². The van der Waals surface area contributed by atoms with Crippen molar-refractivity contribution in [2.24, 2.45) is 0 Å². The fourth-order valence-corrected chi connectivity index (χ4v) is 7.65. The topological polar surface area (TPSA) is 18.5 Å². The van der Waals surface area contributed by atoms with E-state index in [1.807, 2.05) is 12.1 Å². The molecular weight excluding hydrogens is 283 g/mol. The zero-order valence-electron chi connectivity index (χ0n) is 8.45. The molecule has 1 fully saturated rings. The number of benzene rings is 1. The van der Waals surface area contributed by atoms with Crippen LogP contribution in [0.25, 0.3) is 0 Å². The molecule has 0 aromatic heterocycles. The van der Waals surface area contributed by atoms with Gasteiger partial charge in [0.05, 0.1) is 0 Å². The number of ether oxygens (including phenoxy) is 1. The Morgan fingerprint density at radius 1 is 1.21 bits per heavy atom. The van der Waals surface area contributed by atoms with Gasteiger partial charge >= 0.3 is 92.6 Å². The first-order valence-electron chi connectivity index (χ1n) is 5.03. The third kappa shape index (κ3) is 2.42. The Morgan fingerprint density at radius 2 is 2.00 bits per heavy atom. The van der Waals surface area contributed by atoms with Gasteiger partial charge < -0.3 is 0 Å². The zero-order chi connectivity index (χ0) is 9.80. The van der Waals surface area contributed by atoms with Gasteiger partial charge in [-0.2, -0.15) is 0 Å². The Kier molecular flexibility index (Phi) is 3.70. The second kappa shape index (κ2) is 5.03. The summed E-state index contributed by atoms with van der Waals surface area (Å²) < 4.78 is 13.8. The van der Waals surface area contributed by atoms with Gasteiger partial charge in [-0.25, -0.2) is 0 Å². The summed E-state index contributed by atoms with van der Waals surface area (Å²) in [5.41, 5.74) is 0. The molecule has 1 aliphatic rings. The molecule has 0 N–H and O–H groups in total. The Morgan fingerprint density at radius 3 is 2.57 bits per heavy atom. The summed E-state index contributed by atoms with van der Waals surface area (Å²) in [6, 6.07) is 8.44. The molecule has 1 aromatic rings. The van der Waals surface area contributed by atoms with Crippen LogP contribution in [0.5, 0.6) is 5.75 Å². The molecule has 0 spiro atoms. The van der Waals surface area contributed by atoms with Gasteiger partial charge in [-0.3, -0.25) is 0 Å². The van der Waals surface area contributed by atoms with Crippen LogP contribution < -0.4 is 8.32 Å². The van der Waals surface area contributed by atoms with Crippen molar-refractivity contribution in [2.75, 3.05) is 13.7 Å². The van der Waals surface area contributed by atoms with E-state index >= 15 is 0 Å². The Bertz CT molecular complexity index is 278. The fraction of sp³-hybridized carbons (Fsp3) is 0.455. The molecule has 75 valence electrons. The molecule has 3 heteroatoms. The van der Waals surface area contributed by atoms with Crippen molar-refractivity contribution < 1.29 is 7.81 Å². The van der Waals surface area contributed by atoms with Crippen LogP contribution in [0.1, 0.15) is 12.8 Å². The monoisotopic (exact) mass is 299 g/mol. The van der Waals surface area contributed by atoms with Gasteiger partial charge in [0.1, 0.15) is 0 Å². The summed E-state index contributed by atoms with van der Waals surface area (Å²) in [4.78, 5) is 0. The molecule has 0 aliphatic carbocycles. The van der Waals surface area contributed by atoms with Gasteiger partial charge in [0.2, 0.25) is 0 Å². The molecular formula is C11H15O2Sn. The van der Waals surface area contributed by atoms with Crippen molar-refractivity contribution in [1.29, 1.82) is 0 Å². The second-order valence-corrected chi connectivity index (χ2v) is 9.77. The first-order valence-corrected chi connectivity index (χ1v) is 9.64. The molecule has 0 amide bonds. The summed E-state index contributed by atoms with van der Waals surface area (Å²) >= 11 is -1.64. The molecule has 0 unspecified atom stereocenters. The number of hydrogen-bond acceptors (Lipinski definition) is 2. The average molecular weight is 298 g/mol. The molecule has 2 nitrogen and oxygen atoms in total. The zero-order valence-corrected chi connectivity index (χ0v) is 11.3. The van der Waals surface area contributed by atoms with Crippen LogP contribution in [0.3, 0.4) is 0 Å². The van der Waals surface area contributed by atoms with Crippen LogP contribution >= 0.6 is 0 Å². The molecule has 1 aromatic carbocycles. The van der Waals surface area contributed by atoms with Crippen LogP contribution in [0.4, 0.5) is 0 Å². The predicted molar refractivity (Wildman–Crippen MR) is 58.4 cm³/mol. The summed E-state index contributed by atoms with van der Waals surface area (Å²) in [7, 11) is 1.70. The van der Waals surface area contributed by atoms with E-state index in [0.29, 0.717) is 0 Å². The minimum absolute atomic E-state index is 0.938. The first-order chi connectivity index (χ1) is 6.90. The summed E-state index contributed by atoms with van der Waals surface area (Å²) in [5.74, 6) is 0.938. The van der Waals surface area contributed by atoms with Crippen molar-refractivity contribution in [3.8, 4) is 5.75 Å². The Hall–Kier alpha value is -0.221. The van der Waals surface area contributed by atoms with Crippen molar-refractivity contribution in [3.05, 3.63) is 24.3 Å². The SMILES string of the molecule is COc1cc[c]([Sn]2[CH2]CCC[O]2)cc1. The predicted octanol–water partition coefficient (Wildman–Crippen LogP) is 1.70. The van der Waals surface area contributed by atoms with E-state index in [9.17, 15) is 0 Å². The molecule has 0 atom stereocenters. The van der Waals surface area contributed by atoms with Crippen molar-refractivity contribution in [3.63, 3.8) is 0 Å². The van der Waals surface area contributed by atoms with Crippen LogP contribution in [0, 0.1) is 0 Å². The van der Waals surface area contributed by atoms with E-state index < -0.39 is 20.2 Å². The Balaban J connectivity index is 2.07. The molecule has 0 saturated carbocycles. The van der Waals surface area contributed by atoms with Crippen LogP contribution in [0.2, 0.25) is 4.44 Å². The van der Waals surface area contributed by atoms with Gasteiger partial charge in [-0.1, -0.05) is 0 Å². The van der Waals surface area contributed by atoms with E-state index in [4.69, 9.17) is 7.81 Å². The maximum atomic E-state index is 5.89. The van der Waals surface area contributed by atoms with Gasteiger partial charge in [-0.15, -0.1) is 0 Å². The van der Waals surface area contributed by atoms with Crippen molar-refractivity contribution >= 4 is 23.8 Å². The van der Waals surface area contributed by atoms with E-state index in [2.05, 4.69) is 12.1 Å². The molecule has 1 saturated heterocycles. The van der Waals surface area contributed by atoms with Gasteiger partial charge in [0.15, 0.2) is 0 Å². The summed E-state index contributed by atoms with van der Waals surface area (Å²) in [5, 5.41) is 0. The van der Waals surface area contributed by atoms with E-state index in [1.165, 1.54) is 20.9 Å². The molecule has 1 aliphatic heterocycles. The van der Waals surface area contributed by atoms with E-state index in [1.54, 1.807) is 7.11 Å². The normalized spacial score (nSPS) is 18.1. The Labute approximate surface area is 92.5 Å². The van der Waals surface area contributed by atoms with Crippen LogP contribution in [0.15, 0.2) is 24.3 Å². The molecule has 1 heterocycles. The standard InChI is InChI=1S/C7H7O.C4H8O.Sn/c1-8-7-5-3-2-4-6-7;1-2-3-4-5;/h3-6H,1H3;1-4H2;/q;-1;+1. The third-order valence-electron chi connectivity index (χ3n) is 2.49. The first kappa shape index (κ1) is 10.3. The molecule has 2 rings (SSSR count). The summed E-state index contributed by atoms with van der Waals surface area (Å²) in [6.45, 7) is 0.987. The molecule has 0 bridgehead atoms. The van der Waals surface area contributed by atoms with Gasteiger partial charge in [0, 0.05) is 0 Å².